The summed E-state index contributed by atoms with van der Waals surface area (Å²) in [4.78, 5) is 0. The quantitative estimate of drug-likeness (QED) is 0.250. The maximum atomic E-state index is 2.44. The van der Waals surface area contributed by atoms with Gasteiger partial charge in [0.15, 0.2) is 0 Å². The van der Waals surface area contributed by atoms with Crippen molar-refractivity contribution in [2.75, 3.05) is 0 Å². The Balaban J connectivity index is 0.00000111. The Morgan fingerprint density at radius 2 is 1.18 bits per heavy atom. The molecule has 6 rings (SSSR count). The molecular formula is C32H33N. The minimum atomic E-state index is 0.0266. The van der Waals surface area contributed by atoms with Gasteiger partial charge < -0.3 is 4.57 Å². The van der Waals surface area contributed by atoms with Gasteiger partial charge in [0.1, 0.15) is 0 Å². The first-order valence-corrected chi connectivity index (χ1v) is 12.1. The Morgan fingerprint density at radius 1 is 0.576 bits per heavy atom. The summed E-state index contributed by atoms with van der Waals surface area (Å²) in [5, 5.41) is 2.69. The molecule has 1 nitrogen and oxygen atoms in total. The molecule has 33 heavy (non-hydrogen) atoms. The van der Waals surface area contributed by atoms with Crippen molar-refractivity contribution in [3.63, 3.8) is 0 Å². The van der Waals surface area contributed by atoms with E-state index in [1.54, 1.807) is 0 Å². The van der Waals surface area contributed by atoms with Gasteiger partial charge in [-0.1, -0.05) is 76.2 Å². The zero-order valence-electron chi connectivity index (χ0n) is 20.9. The lowest BCUT2D eigenvalue weighted by molar-refractivity contribution is 0.661. The van der Waals surface area contributed by atoms with E-state index in [0.29, 0.717) is 0 Å². The molecule has 0 N–H and O–H groups in total. The fraction of sp³-hybridized carbons (Fsp3) is 0.250. The molecule has 0 bridgehead atoms. The summed E-state index contributed by atoms with van der Waals surface area (Å²) in [6.07, 6.45) is 0. The number of hydrogen-bond donors (Lipinski definition) is 0. The number of rotatable bonds is 1. The predicted molar refractivity (Wildman–Crippen MR) is 144 cm³/mol. The molecular weight excluding hydrogens is 398 g/mol. The highest BCUT2D eigenvalue weighted by atomic mass is 14.9. The monoisotopic (exact) mass is 431 g/mol. The Morgan fingerprint density at radius 3 is 1.91 bits per heavy atom. The number of aromatic nitrogens is 1. The average Bonchev–Trinajstić information content (AvgIpc) is 3.22. The third kappa shape index (κ3) is 2.99. The van der Waals surface area contributed by atoms with E-state index in [0.717, 1.165) is 0 Å². The standard InChI is InChI=1S/C30H27N.C2H6/c1-18-10-6-7-11-20(18)22-16-28-24(14-19(22)2)25-15-23-21-12-8-9-13-26(21)30(3,4)27(23)17-29(25)31(28)5;1-2/h6-17H,1-5H3;1-2H3. The molecule has 1 aliphatic carbocycles. The SMILES string of the molecule is CC.Cc1ccccc1-c1cc2c(cc1C)c1cc3c(cc1n2C)C(C)(C)c1ccccc1-3. The van der Waals surface area contributed by atoms with Crippen molar-refractivity contribution < 1.29 is 0 Å². The van der Waals surface area contributed by atoms with Crippen LogP contribution in [0, 0.1) is 13.8 Å². The molecule has 0 fully saturated rings. The molecule has 0 aliphatic heterocycles. The van der Waals surface area contributed by atoms with Crippen LogP contribution in [0.3, 0.4) is 0 Å². The van der Waals surface area contributed by atoms with Gasteiger partial charge >= 0.3 is 0 Å². The molecule has 0 atom stereocenters. The lowest BCUT2D eigenvalue weighted by atomic mass is 9.82. The molecule has 0 radical (unpaired) electrons. The number of fused-ring (bicyclic) bond motifs is 6. The van der Waals surface area contributed by atoms with Crippen LogP contribution in [0.1, 0.15) is 49.9 Å². The van der Waals surface area contributed by atoms with Crippen molar-refractivity contribution in [3.05, 3.63) is 95.1 Å². The summed E-state index contributed by atoms with van der Waals surface area (Å²) in [5.74, 6) is 0. The van der Waals surface area contributed by atoms with Gasteiger partial charge in [-0.3, -0.25) is 0 Å². The van der Waals surface area contributed by atoms with Crippen molar-refractivity contribution in [2.45, 2.75) is 47.0 Å². The van der Waals surface area contributed by atoms with Crippen molar-refractivity contribution in [3.8, 4) is 22.3 Å². The van der Waals surface area contributed by atoms with Crippen LogP contribution in [0.5, 0.6) is 0 Å². The number of benzene rings is 4. The zero-order chi connectivity index (χ0) is 23.5. The maximum absolute atomic E-state index is 2.44. The predicted octanol–water partition coefficient (Wildman–Crippen LogP) is 8.95. The molecule has 4 aromatic carbocycles. The molecule has 0 saturated heterocycles. The van der Waals surface area contributed by atoms with Crippen LogP contribution in [-0.4, -0.2) is 4.57 Å². The molecule has 166 valence electrons. The Bertz CT molecular complexity index is 1530. The minimum Gasteiger partial charge on any atom is -0.344 e. The van der Waals surface area contributed by atoms with Gasteiger partial charge in [0.2, 0.25) is 0 Å². The number of aryl methyl sites for hydroxylation is 3. The summed E-state index contributed by atoms with van der Waals surface area (Å²) < 4.78 is 2.38. The van der Waals surface area contributed by atoms with Crippen LogP contribution in [0.2, 0.25) is 0 Å². The van der Waals surface area contributed by atoms with Crippen LogP contribution < -0.4 is 0 Å². The van der Waals surface area contributed by atoms with E-state index in [1.165, 1.54) is 66.3 Å². The van der Waals surface area contributed by atoms with E-state index in [9.17, 15) is 0 Å². The van der Waals surface area contributed by atoms with Crippen LogP contribution >= 0.6 is 0 Å². The minimum absolute atomic E-state index is 0.0266. The number of nitrogens with zero attached hydrogens (tertiary/aromatic N) is 1. The lowest BCUT2D eigenvalue weighted by Crippen LogP contribution is -2.14. The van der Waals surface area contributed by atoms with Crippen molar-refractivity contribution >= 4 is 21.8 Å². The Labute approximate surface area is 197 Å². The second kappa shape index (κ2) is 7.63. The second-order valence-corrected chi connectivity index (χ2v) is 9.64. The summed E-state index contributed by atoms with van der Waals surface area (Å²) >= 11 is 0. The maximum Gasteiger partial charge on any atom is 0.0495 e. The van der Waals surface area contributed by atoms with Crippen molar-refractivity contribution in [1.82, 2.24) is 4.57 Å². The van der Waals surface area contributed by atoms with E-state index < -0.39 is 0 Å². The van der Waals surface area contributed by atoms with Gasteiger partial charge in [0, 0.05) is 34.3 Å². The lowest BCUT2D eigenvalue weighted by Gasteiger charge is -2.21. The van der Waals surface area contributed by atoms with Crippen molar-refractivity contribution in [1.29, 1.82) is 0 Å². The molecule has 1 aromatic heterocycles. The highest BCUT2D eigenvalue weighted by Crippen LogP contribution is 2.50. The molecule has 1 aliphatic rings. The van der Waals surface area contributed by atoms with Gasteiger partial charge in [0.05, 0.1) is 0 Å². The fourth-order valence-electron chi connectivity index (χ4n) is 5.71. The van der Waals surface area contributed by atoms with E-state index in [4.69, 9.17) is 0 Å². The van der Waals surface area contributed by atoms with Crippen LogP contribution in [0.25, 0.3) is 44.1 Å². The van der Waals surface area contributed by atoms with Gasteiger partial charge in [-0.2, -0.15) is 0 Å². The highest BCUT2D eigenvalue weighted by Gasteiger charge is 2.35. The van der Waals surface area contributed by atoms with Crippen LogP contribution in [0.15, 0.2) is 72.8 Å². The van der Waals surface area contributed by atoms with E-state index in [-0.39, 0.29) is 5.41 Å². The molecule has 0 spiro atoms. The fourth-order valence-corrected chi connectivity index (χ4v) is 5.71. The van der Waals surface area contributed by atoms with Crippen LogP contribution in [-0.2, 0) is 12.5 Å². The smallest absolute Gasteiger partial charge is 0.0495 e. The largest absolute Gasteiger partial charge is 0.344 e. The van der Waals surface area contributed by atoms with Gasteiger partial charge in [-0.15, -0.1) is 0 Å². The molecule has 0 amide bonds. The Hall–Kier alpha value is -3.32. The zero-order valence-corrected chi connectivity index (χ0v) is 20.9. The van der Waals surface area contributed by atoms with Gasteiger partial charge in [0.25, 0.3) is 0 Å². The van der Waals surface area contributed by atoms with E-state index in [2.05, 4.69) is 112 Å². The van der Waals surface area contributed by atoms with Gasteiger partial charge in [-0.25, -0.2) is 0 Å². The first-order valence-electron chi connectivity index (χ1n) is 12.1. The summed E-state index contributed by atoms with van der Waals surface area (Å²) in [5.41, 5.74) is 13.6. The van der Waals surface area contributed by atoms with Crippen LogP contribution in [0.4, 0.5) is 0 Å². The third-order valence-electron chi connectivity index (χ3n) is 7.49. The first kappa shape index (κ1) is 21.5. The molecule has 5 aromatic rings. The number of hydrogen-bond acceptors (Lipinski definition) is 0. The highest BCUT2D eigenvalue weighted by molar-refractivity contribution is 6.11. The third-order valence-corrected chi connectivity index (χ3v) is 7.49. The molecule has 1 heteroatoms. The summed E-state index contributed by atoms with van der Waals surface area (Å²) in [6, 6.07) is 27.2. The van der Waals surface area contributed by atoms with Gasteiger partial charge in [-0.05, 0) is 82.6 Å². The summed E-state index contributed by atoms with van der Waals surface area (Å²) in [7, 11) is 2.21. The van der Waals surface area contributed by atoms with Crippen molar-refractivity contribution in [2.24, 2.45) is 7.05 Å². The second-order valence-electron chi connectivity index (χ2n) is 9.64. The molecule has 0 saturated carbocycles. The average molecular weight is 432 g/mol. The first-order chi connectivity index (χ1) is 15.9. The normalized spacial score (nSPS) is 13.5. The molecule has 0 unspecified atom stereocenters. The van der Waals surface area contributed by atoms with E-state index >= 15 is 0 Å². The van der Waals surface area contributed by atoms with E-state index in [1.807, 2.05) is 13.8 Å². The Kier molecular flexibility index (Phi) is 4.97. The summed E-state index contributed by atoms with van der Waals surface area (Å²) in [6.45, 7) is 13.1. The molecule has 1 heterocycles. The topological polar surface area (TPSA) is 4.93 Å².